The molecule has 0 radical (unpaired) electrons. The predicted molar refractivity (Wildman–Crippen MR) is 118 cm³/mol. The van der Waals surface area contributed by atoms with Crippen LogP contribution in [0.2, 0.25) is 0 Å². The molecule has 0 spiro atoms. The number of furan rings is 1. The molecule has 154 valence electrons. The third kappa shape index (κ3) is 3.96. The summed E-state index contributed by atoms with van der Waals surface area (Å²) in [4.78, 5) is 16.6. The molecule has 0 saturated carbocycles. The Kier molecular flexibility index (Phi) is 5.86. The summed E-state index contributed by atoms with van der Waals surface area (Å²) in [5.74, 6) is 1.62. The number of anilines is 1. The molecule has 1 amide bonds. The van der Waals surface area contributed by atoms with Gasteiger partial charge >= 0.3 is 0 Å². The number of carbonyl (C=O) groups excluding carboxylic acids is 1. The quantitative estimate of drug-likeness (QED) is 0.318. The van der Waals surface area contributed by atoms with Gasteiger partial charge in [-0.15, -0.1) is 28.1 Å². The van der Waals surface area contributed by atoms with Crippen LogP contribution in [0.15, 0.2) is 58.1 Å². The number of methoxy groups -OCH3 is 1. The molecule has 1 atom stereocenters. The molecule has 10 heteroatoms. The van der Waals surface area contributed by atoms with Crippen LogP contribution in [0.1, 0.15) is 6.92 Å². The standard InChI is InChI=1S/C20H19N5O3S2/c1-4-9-25-17(15-11-13-6-5-7-14(27-3)16(13)28-15)23-24-20(25)30-12(2)18(26)22-19-21-8-10-29-19/h4-8,10-12H,1,9H2,2-3H3,(H,21,22,26)/t12-/m0/s1. The van der Waals surface area contributed by atoms with E-state index in [1.165, 1.54) is 23.1 Å². The van der Waals surface area contributed by atoms with E-state index < -0.39 is 5.25 Å². The van der Waals surface area contributed by atoms with Gasteiger partial charge < -0.3 is 14.5 Å². The number of hydrogen-bond acceptors (Lipinski definition) is 8. The number of rotatable bonds is 8. The monoisotopic (exact) mass is 441 g/mol. The van der Waals surface area contributed by atoms with Crippen molar-refractivity contribution in [2.45, 2.75) is 23.9 Å². The van der Waals surface area contributed by atoms with E-state index in [4.69, 9.17) is 9.15 Å². The van der Waals surface area contributed by atoms with Crippen molar-refractivity contribution in [1.82, 2.24) is 19.7 Å². The number of thiazole rings is 1. The maximum absolute atomic E-state index is 12.5. The van der Waals surface area contributed by atoms with Crippen molar-refractivity contribution in [3.05, 3.63) is 48.5 Å². The smallest absolute Gasteiger partial charge is 0.239 e. The zero-order valence-corrected chi connectivity index (χ0v) is 18.0. The zero-order valence-electron chi connectivity index (χ0n) is 16.4. The molecule has 4 rings (SSSR count). The maximum atomic E-state index is 12.5. The number of nitrogens with zero attached hydrogens (tertiary/aromatic N) is 4. The first-order valence-corrected chi connectivity index (χ1v) is 10.8. The normalized spacial score (nSPS) is 12.1. The lowest BCUT2D eigenvalue weighted by atomic mass is 10.2. The zero-order chi connectivity index (χ0) is 21.1. The van der Waals surface area contributed by atoms with Crippen LogP contribution in [-0.2, 0) is 11.3 Å². The topological polar surface area (TPSA) is 95.1 Å². The van der Waals surface area contributed by atoms with E-state index in [2.05, 4.69) is 27.1 Å². The van der Waals surface area contributed by atoms with E-state index in [1.807, 2.05) is 41.1 Å². The predicted octanol–water partition coefficient (Wildman–Crippen LogP) is 4.46. The van der Waals surface area contributed by atoms with Gasteiger partial charge in [-0.3, -0.25) is 9.36 Å². The van der Waals surface area contributed by atoms with Gasteiger partial charge in [-0.1, -0.05) is 30.0 Å². The second-order valence-corrected chi connectivity index (χ2v) is 8.48. The number of fused-ring (bicyclic) bond motifs is 1. The third-order valence-electron chi connectivity index (χ3n) is 4.29. The summed E-state index contributed by atoms with van der Waals surface area (Å²) < 4.78 is 13.3. The number of para-hydroxylation sites is 1. The number of ether oxygens (including phenoxy) is 1. The average molecular weight is 442 g/mol. The van der Waals surface area contributed by atoms with Crippen LogP contribution < -0.4 is 10.1 Å². The van der Waals surface area contributed by atoms with Crippen LogP contribution in [0.25, 0.3) is 22.6 Å². The molecule has 0 saturated heterocycles. The van der Waals surface area contributed by atoms with Gasteiger partial charge in [-0.2, -0.15) is 0 Å². The molecular weight excluding hydrogens is 422 g/mol. The molecule has 8 nitrogen and oxygen atoms in total. The highest BCUT2D eigenvalue weighted by atomic mass is 32.2. The number of amides is 1. The number of allylic oxidation sites excluding steroid dienone is 1. The van der Waals surface area contributed by atoms with E-state index in [1.54, 1.807) is 19.4 Å². The highest BCUT2D eigenvalue weighted by molar-refractivity contribution is 8.00. The fourth-order valence-electron chi connectivity index (χ4n) is 2.86. The van der Waals surface area contributed by atoms with Crippen molar-refractivity contribution >= 4 is 45.1 Å². The molecule has 1 N–H and O–H groups in total. The minimum atomic E-state index is -0.398. The Balaban J connectivity index is 1.62. The van der Waals surface area contributed by atoms with Gasteiger partial charge in [0.2, 0.25) is 11.7 Å². The summed E-state index contributed by atoms with van der Waals surface area (Å²) in [5.41, 5.74) is 0.647. The van der Waals surface area contributed by atoms with Crippen LogP contribution in [-0.4, -0.2) is 38.0 Å². The van der Waals surface area contributed by atoms with Crippen molar-refractivity contribution in [1.29, 1.82) is 0 Å². The first-order valence-electron chi connectivity index (χ1n) is 9.08. The van der Waals surface area contributed by atoms with Crippen LogP contribution in [0.4, 0.5) is 5.13 Å². The van der Waals surface area contributed by atoms with E-state index >= 15 is 0 Å². The SMILES string of the molecule is C=CCn1c(S[C@@H](C)C(=O)Nc2nccs2)nnc1-c1cc2cccc(OC)c2o1. The summed E-state index contributed by atoms with van der Waals surface area (Å²) in [5, 5.41) is 14.9. The molecular formula is C20H19N5O3S2. The second kappa shape index (κ2) is 8.72. The van der Waals surface area contributed by atoms with E-state index in [9.17, 15) is 4.79 Å². The lowest BCUT2D eigenvalue weighted by Crippen LogP contribution is -2.22. The Morgan fingerprint density at radius 1 is 1.47 bits per heavy atom. The van der Waals surface area contributed by atoms with Gasteiger partial charge in [0.25, 0.3) is 0 Å². The van der Waals surface area contributed by atoms with Gasteiger partial charge in [0.05, 0.1) is 12.4 Å². The Morgan fingerprint density at radius 2 is 2.33 bits per heavy atom. The molecule has 0 fully saturated rings. The maximum Gasteiger partial charge on any atom is 0.239 e. The fourth-order valence-corrected chi connectivity index (χ4v) is 4.25. The van der Waals surface area contributed by atoms with Crippen molar-refractivity contribution in [2.24, 2.45) is 0 Å². The highest BCUT2D eigenvalue weighted by Crippen LogP contribution is 2.34. The van der Waals surface area contributed by atoms with Crippen molar-refractivity contribution in [3.63, 3.8) is 0 Å². The summed E-state index contributed by atoms with van der Waals surface area (Å²) in [6.07, 6.45) is 3.40. The largest absolute Gasteiger partial charge is 0.493 e. The molecule has 4 aromatic rings. The van der Waals surface area contributed by atoms with Gasteiger partial charge in [0.15, 0.2) is 27.4 Å². The van der Waals surface area contributed by atoms with Crippen LogP contribution in [0, 0.1) is 0 Å². The third-order valence-corrected chi connectivity index (χ3v) is 6.06. The molecule has 3 heterocycles. The molecule has 1 aromatic carbocycles. The second-order valence-electron chi connectivity index (χ2n) is 6.28. The Hall–Kier alpha value is -3.11. The summed E-state index contributed by atoms with van der Waals surface area (Å²) in [7, 11) is 1.60. The Morgan fingerprint density at radius 3 is 3.07 bits per heavy atom. The average Bonchev–Trinajstić information content (AvgIpc) is 3.48. The van der Waals surface area contributed by atoms with Crippen molar-refractivity contribution < 1.29 is 13.9 Å². The number of nitrogens with one attached hydrogen (secondary N) is 1. The van der Waals surface area contributed by atoms with E-state index in [0.717, 1.165) is 5.39 Å². The van der Waals surface area contributed by atoms with Gasteiger partial charge in [-0.05, 0) is 19.1 Å². The molecule has 0 bridgehead atoms. The number of benzene rings is 1. The van der Waals surface area contributed by atoms with Crippen molar-refractivity contribution in [3.8, 4) is 17.3 Å². The summed E-state index contributed by atoms with van der Waals surface area (Å²) in [6, 6.07) is 7.58. The first kappa shape index (κ1) is 20.2. The number of thioether (sulfide) groups is 1. The lowest BCUT2D eigenvalue weighted by molar-refractivity contribution is -0.115. The van der Waals surface area contributed by atoms with Crippen LogP contribution in [0.5, 0.6) is 5.75 Å². The number of hydrogen-bond donors (Lipinski definition) is 1. The minimum absolute atomic E-state index is 0.155. The van der Waals surface area contributed by atoms with Gasteiger partial charge in [0, 0.05) is 23.5 Å². The van der Waals surface area contributed by atoms with Crippen LogP contribution in [0.3, 0.4) is 0 Å². The molecule has 0 aliphatic heterocycles. The van der Waals surface area contributed by atoms with Crippen molar-refractivity contribution in [2.75, 3.05) is 12.4 Å². The number of aromatic nitrogens is 4. The first-order chi connectivity index (χ1) is 14.6. The van der Waals surface area contributed by atoms with Crippen LogP contribution >= 0.6 is 23.1 Å². The lowest BCUT2D eigenvalue weighted by Gasteiger charge is -2.11. The molecule has 30 heavy (non-hydrogen) atoms. The molecule has 0 aliphatic carbocycles. The fraction of sp³-hybridized carbons (Fsp3) is 0.200. The van der Waals surface area contributed by atoms with E-state index in [-0.39, 0.29) is 5.91 Å². The minimum Gasteiger partial charge on any atom is -0.493 e. The molecule has 3 aromatic heterocycles. The molecule has 0 aliphatic rings. The summed E-state index contributed by atoms with van der Waals surface area (Å²) in [6.45, 7) is 6.11. The molecule has 0 unspecified atom stereocenters. The summed E-state index contributed by atoms with van der Waals surface area (Å²) >= 11 is 2.68. The highest BCUT2D eigenvalue weighted by Gasteiger charge is 2.23. The number of carbonyl (C=O) groups is 1. The van der Waals surface area contributed by atoms with Gasteiger partial charge in [0.1, 0.15) is 0 Å². The Labute approximate surface area is 181 Å². The Bertz CT molecular complexity index is 1180. The van der Waals surface area contributed by atoms with E-state index in [0.29, 0.717) is 39.7 Å². The van der Waals surface area contributed by atoms with Gasteiger partial charge in [-0.25, -0.2) is 4.98 Å².